The highest BCUT2D eigenvalue weighted by atomic mass is 16.5. The van der Waals surface area contributed by atoms with Gasteiger partial charge in [-0.05, 0) is 38.0 Å². The summed E-state index contributed by atoms with van der Waals surface area (Å²) in [4.78, 5) is 19.6. The lowest BCUT2D eigenvalue weighted by Gasteiger charge is -2.23. The van der Waals surface area contributed by atoms with E-state index in [0.717, 1.165) is 24.0 Å². The van der Waals surface area contributed by atoms with Gasteiger partial charge >= 0.3 is 0 Å². The summed E-state index contributed by atoms with van der Waals surface area (Å²) in [5.74, 6) is 1.79. The Hall–Kier alpha value is -3.35. The van der Waals surface area contributed by atoms with E-state index in [1.54, 1.807) is 30.2 Å². The molecule has 1 atom stereocenters. The third-order valence-corrected chi connectivity index (χ3v) is 5.15. The molecule has 7 heteroatoms. The molecule has 3 aromatic rings. The van der Waals surface area contributed by atoms with Gasteiger partial charge in [0, 0.05) is 12.1 Å². The second kappa shape index (κ2) is 7.95. The van der Waals surface area contributed by atoms with Crippen molar-refractivity contribution in [3.8, 4) is 22.9 Å². The van der Waals surface area contributed by atoms with Gasteiger partial charge in [0.15, 0.2) is 11.5 Å². The van der Waals surface area contributed by atoms with Gasteiger partial charge in [0.05, 0.1) is 19.8 Å². The largest absolute Gasteiger partial charge is 0.493 e. The molecule has 1 aromatic heterocycles. The number of amides is 1. The first-order valence-corrected chi connectivity index (χ1v) is 9.55. The molecule has 29 heavy (non-hydrogen) atoms. The van der Waals surface area contributed by atoms with Gasteiger partial charge in [-0.1, -0.05) is 35.0 Å². The summed E-state index contributed by atoms with van der Waals surface area (Å²) < 4.78 is 16.3. The molecule has 1 fully saturated rings. The predicted octanol–water partition coefficient (Wildman–Crippen LogP) is 4.04. The molecule has 2 heterocycles. The Balaban J connectivity index is 1.63. The fourth-order valence-corrected chi connectivity index (χ4v) is 3.75. The third-order valence-electron chi connectivity index (χ3n) is 5.15. The zero-order valence-electron chi connectivity index (χ0n) is 16.7. The average Bonchev–Trinajstić information content (AvgIpc) is 3.42. The Labute approximate surface area is 169 Å². The highest BCUT2D eigenvalue weighted by Crippen LogP contribution is 2.37. The molecule has 0 bridgehead atoms. The fraction of sp³-hybridized carbons (Fsp3) is 0.318. The Bertz CT molecular complexity index is 1030. The molecule has 0 saturated carbocycles. The molecule has 0 radical (unpaired) electrons. The van der Waals surface area contributed by atoms with Crippen LogP contribution >= 0.6 is 0 Å². The molecule has 1 aliphatic heterocycles. The quantitative estimate of drug-likeness (QED) is 0.651. The standard InChI is InChI=1S/C22H23N3O4/c1-14-7-4-8-15(13-14)20-23-21(29-24-20)17-10-6-12-25(17)22(26)16-9-5-11-18(27-2)19(16)28-3/h4-5,7-9,11,13,17H,6,10,12H2,1-3H3/t17-/m1/s1. The van der Waals surface area contributed by atoms with E-state index in [9.17, 15) is 4.79 Å². The first kappa shape index (κ1) is 19.0. The fourth-order valence-electron chi connectivity index (χ4n) is 3.75. The van der Waals surface area contributed by atoms with Crippen LogP contribution in [0, 0.1) is 6.92 Å². The van der Waals surface area contributed by atoms with Crippen LogP contribution in [0.2, 0.25) is 0 Å². The van der Waals surface area contributed by atoms with E-state index >= 15 is 0 Å². The molecule has 1 aliphatic rings. The molecule has 4 rings (SSSR count). The van der Waals surface area contributed by atoms with Crippen molar-refractivity contribution >= 4 is 5.91 Å². The van der Waals surface area contributed by atoms with Gasteiger partial charge in [-0.2, -0.15) is 4.98 Å². The number of benzene rings is 2. The summed E-state index contributed by atoms with van der Waals surface area (Å²) in [6.45, 7) is 2.63. The molecule has 0 spiro atoms. The van der Waals surface area contributed by atoms with Gasteiger partial charge in [-0.15, -0.1) is 0 Å². The maximum absolute atomic E-state index is 13.3. The number of nitrogens with zero attached hydrogens (tertiary/aromatic N) is 3. The van der Waals surface area contributed by atoms with Crippen molar-refractivity contribution in [3.63, 3.8) is 0 Å². The molecular formula is C22H23N3O4. The Morgan fingerprint density at radius 1 is 1.17 bits per heavy atom. The molecule has 0 aliphatic carbocycles. The summed E-state index contributed by atoms with van der Waals surface area (Å²) >= 11 is 0. The van der Waals surface area contributed by atoms with Crippen LogP contribution in [-0.2, 0) is 0 Å². The molecule has 7 nitrogen and oxygen atoms in total. The molecule has 0 N–H and O–H groups in total. The van der Waals surface area contributed by atoms with Crippen molar-refractivity contribution in [3.05, 3.63) is 59.5 Å². The number of aromatic nitrogens is 2. The minimum atomic E-state index is -0.260. The Morgan fingerprint density at radius 2 is 2.00 bits per heavy atom. The summed E-state index contributed by atoms with van der Waals surface area (Å²) in [5, 5.41) is 4.13. The van der Waals surface area contributed by atoms with Crippen LogP contribution in [0.3, 0.4) is 0 Å². The number of carbonyl (C=O) groups is 1. The van der Waals surface area contributed by atoms with Crippen LogP contribution in [0.5, 0.6) is 11.5 Å². The highest BCUT2D eigenvalue weighted by molar-refractivity contribution is 5.98. The summed E-state index contributed by atoms with van der Waals surface area (Å²) in [6, 6.07) is 13.0. The van der Waals surface area contributed by atoms with Crippen LogP contribution in [0.4, 0.5) is 0 Å². The second-order valence-corrected chi connectivity index (χ2v) is 7.02. The van der Waals surface area contributed by atoms with E-state index < -0.39 is 0 Å². The molecule has 0 unspecified atom stereocenters. The first-order chi connectivity index (χ1) is 14.1. The van der Waals surface area contributed by atoms with Crippen molar-refractivity contribution in [2.75, 3.05) is 20.8 Å². The normalized spacial score (nSPS) is 16.1. The van der Waals surface area contributed by atoms with Crippen molar-refractivity contribution < 1.29 is 18.8 Å². The van der Waals surface area contributed by atoms with E-state index in [1.807, 2.05) is 31.2 Å². The topological polar surface area (TPSA) is 77.7 Å². The number of hydrogen-bond acceptors (Lipinski definition) is 6. The lowest BCUT2D eigenvalue weighted by Crippen LogP contribution is -2.31. The van der Waals surface area contributed by atoms with Gasteiger partial charge in [-0.25, -0.2) is 0 Å². The lowest BCUT2D eigenvalue weighted by molar-refractivity contribution is 0.0706. The van der Waals surface area contributed by atoms with Crippen LogP contribution in [0.25, 0.3) is 11.4 Å². The predicted molar refractivity (Wildman–Crippen MR) is 107 cm³/mol. The lowest BCUT2D eigenvalue weighted by atomic mass is 10.1. The maximum Gasteiger partial charge on any atom is 0.258 e. The summed E-state index contributed by atoms with van der Waals surface area (Å²) in [6.07, 6.45) is 1.64. The number of likely N-dealkylation sites (tertiary alicyclic amines) is 1. The molecule has 150 valence electrons. The summed E-state index contributed by atoms with van der Waals surface area (Å²) in [5.41, 5.74) is 2.47. The van der Waals surface area contributed by atoms with Crippen LogP contribution < -0.4 is 9.47 Å². The van der Waals surface area contributed by atoms with Gasteiger partial charge in [-0.3, -0.25) is 4.79 Å². The number of hydrogen-bond donors (Lipinski definition) is 0. The monoisotopic (exact) mass is 393 g/mol. The smallest absolute Gasteiger partial charge is 0.258 e. The maximum atomic E-state index is 13.3. The van der Waals surface area contributed by atoms with Crippen LogP contribution in [0.1, 0.15) is 40.7 Å². The van der Waals surface area contributed by atoms with E-state index in [1.165, 1.54) is 7.11 Å². The number of methoxy groups -OCH3 is 2. The average molecular weight is 393 g/mol. The highest BCUT2D eigenvalue weighted by Gasteiger charge is 2.36. The van der Waals surface area contributed by atoms with Gasteiger partial charge in [0.1, 0.15) is 6.04 Å². The van der Waals surface area contributed by atoms with Crippen molar-refractivity contribution in [2.24, 2.45) is 0 Å². The van der Waals surface area contributed by atoms with E-state index in [4.69, 9.17) is 14.0 Å². The molecule has 1 amide bonds. The van der Waals surface area contributed by atoms with Crippen molar-refractivity contribution in [2.45, 2.75) is 25.8 Å². The van der Waals surface area contributed by atoms with E-state index in [2.05, 4.69) is 10.1 Å². The van der Waals surface area contributed by atoms with E-state index in [0.29, 0.717) is 35.3 Å². The molecule has 2 aromatic carbocycles. The Kier molecular flexibility index (Phi) is 5.20. The first-order valence-electron chi connectivity index (χ1n) is 9.55. The van der Waals surface area contributed by atoms with Crippen molar-refractivity contribution in [1.82, 2.24) is 15.0 Å². The number of rotatable bonds is 5. The summed E-state index contributed by atoms with van der Waals surface area (Å²) in [7, 11) is 3.08. The zero-order chi connectivity index (χ0) is 20.4. The van der Waals surface area contributed by atoms with Gasteiger partial charge < -0.3 is 18.9 Å². The Morgan fingerprint density at radius 3 is 2.76 bits per heavy atom. The SMILES string of the molecule is COc1cccc(C(=O)N2CCC[C@@H]2c2nc(-c3cccc(C)c3)no2)c1OC. The molecular weight excluding hydrogens is 370 g/mol. The minimum absolute atomic E-state index is 0.140. The van der Waals surface area contributed by atoms with Gasteiger partial charge in [0.25, 0.3) is 5.91 Å². The van der Waals surface area contributed by atoms with Gasteiger partial charge in [0.2, 0.25) is 11.7 Å². The molecule has 1 saturated heterocycles. The van der Waals surface area contributed by atoms with Crippen molar-refractivity contribution in [1.29, 1.82) is 0 Å². The third kappa shape index (κ3) is 3.55. The minimum Gasteiger partial charge on any atom is -0.493 e. The van der Waals surface area contributed by atoms with Crippen LogP contribution in [-0.4, -0.2) is 41.7 Å². The van der Waals surface area contributed by atoms with Crippen LogP contribution in [0.15, 0.2) is 47.0 Å². The number of ether oxygens (including phenoxy) is 2. The zero-order valence-corrected chi connectivity index (χ0v) is 16.7. The number of para-hydroxylation sites is 1. The number of aryl methyl sites for hydroxylation is 1. The van der Waals surface area contributed by atoms with E-state index in [-0.39, 0.29) is 11.9 Å². The second-order valence-electron chi connectivity index (χ2n) is 7.02. The number of carbonyl (C=O) groups excluding carboxylic acids is 1.